The quantitative estimate of drug-likeness (QED) is 0.755. The molecule has 0 radical (unpaired) electrons. The van der Waals surface area contributed by atoms with E-state index in [-0.39, 0.29) is 5.54 Å². The molecule has 0 spiro atoms. The first kappa shape index (κ1) is 12.4. The van der Waals surface area contributed by atoms with Gasteiger partial charge in [-0.1, -0.05) is 12.1 Å². The maximum Gasteiger partial charge on any atom is 0.0800 e. The minimum Gasteiger partial charge on any atom is -0.399 e. The molecule has 0 saturated carbocycles. The van der Waals surface area contributed by atoms with Crippen LogP contribution in [0.1, 0.15) is 5.56 Å². The summed E-state index contributed by atoms with van der Waals surface area (Å²) in [7, 11) is 3.89. The van der Waals surface area contributed by atoms with Crippen LogP contribution >= 0.6 is 0 Å². The minimum atomic E-state index is -0.116. The normalized spacial score (nSPS) is 26.0. The molecule has 4 heteroatoms. The number of nitrogens with two attached hydrogens (primary N) is 1. The second kappa shape index (κ2) is 5.04. The van der Waals surface area contributed by atoms with E-state index >= 15 is 0 Å². The highest BCUT2D eigenvalue weighted by atomic mass is 16.5. The molecule has 1 unspecified atom stereocenters. The number of methoxy groups -OCH3 is 1. The fourth-order valence-electron chi connectivity index (χ4n) is 2.50. The number of anilines is 1. The van der Waals surface area contributed by atoms with Gasteiger partial charge in [0, 0.05) is 32.4 Å². The zero-order valence-corrected chi connectivity index (χ0v) is 10.6. The summed E-state index contributed by atoms with van der Waals surface area (Å²) in [5, 5.41) is 3.59. The second-order valence-electron chi connectivity index (χ2n) is 4.80. The summed E-state index contributed by atoms with van der Waals surface area (Å²) in [6.07, 6.45) is 0. The summed E-state index contributed by atoms with van der Waals surface area (Å²) in [6.45, 7) is 3.66. The molecular formula is C13H21N3O. The molecule has 1 aliphatic rings. The average Bonchev–Trinajstić information content (AvgIpc) is 2.30. The summed E-state index contributed by atoms with van der Waals surface area (Å²) in [4.78, 5) is 2.33. The van der Waals surface area contributed by atoms with Gasteiger partial charge in [0.1, 0.15) is 0 Å². The molecule has 1 aromatic rings. The Morgan fingerprint density at radius 2 is 2.12 bits per heavy atom. The van der Waals surface area contributed by atoms with Gasteiger partial charge >= 0.3 is 0 Å². The molecule has 1 atom stereocenters. The van der Waals surface area contributed by atoms with E-state index in [2.05, 4.69) is 29.4 Å². The maximum atomic E-state index is 5.74. The summed E-state index contributed by atoms with van der Waals surface area (Å²) in [5.41, 5.74) is 7.66. The van der Waals surface area contributed by atoms with Gasteiger partial charge in [-0.15, -0.1) is 0 Å². The summed E-state index contributed by atoms with van der Waals surface area (Å²) in [6, 6.07) is 8.06. The van der Waals surface area contributed by atoms with Gasteiger partial charge in [0.05, 0.1) is 12.1 Å². The Morgan fingerprint density at radius 3 is 2.71 bits per heavy atom. The van der Waals surface area contributed by atoms with Gasteiger partial charge in [0.25, 0.3) is 0 Å². The number of piperazine rings is 1. The van der Waals surface area contributed by atoms with Crippen LogP contribution in [-0.2, 0) is 10.3 Å². The van der Waals surface area contributed by atoms with Crippen LogP contribution in [0.25, 0.3) is 0 Å². The number of rotatable bonds is 3. The van der Waals surface area contributed by atoms with E-state index in [0.717, 1.165) is 25.3 Å². The Morgan fingerprint density at radius 1 is 1.41 bits per heavy atom. The number of nitrogens with one attached hydrogen (secondary N) is 1. The number of hydrogen-bond acceptors (Lipinski definition) is 4. The van der Waals surface area contributed by atoms with Crippen molar-refractivity contribution >= 4 is 5.69 Å². The number of likely N-dealkylation sites (N-methyl/N-ethyl adjacent to an activating group) is 1. The Kier molecular flexibility index (Phi) is 3.66. The number of hydrogen-bond donors (Lipinski definition) is 2. The topological polar surface area (TPSA) is 50.5 Å². The highest BCUT2D eigenvalue weighted by molar-refractivity contribution is 5.41. The van der Waals surface area contributed by atoms with Gasteiger partial charge in [-0.05, 0) is 24.7 Å². The minimum absolute atomic E-state index is 0.116. The highest BCUT2D eigenvalue weighted by Crippen LogP contribution is 2.25. The maximum absolute atomic E-state index is 5.74. The molecule has 3 N–H and O–H groups in total. The lowest BCUT2D eigenvalue weighted by molar-refractivity contribution is 0.0594. The molecule has 0 bridgehead atoms. The third-order valence-electron chi connectivity index (χ3n) is 3.35. The SMILES string of the molecule is COCC1(c2ccc(N)cc2)CN(C)CCN1. The van der Waals surface area contributed by atoms with Crippen molar-refractivity contribution in [3.05, 3.63) is 29.8 Å². The van der Waals surface area contributed by atoms with Crippen molar-refractivity contribution in [1.29, 1.82) is 0 Å². The first-order valence-electron chi connectivity index (χ1n) is 5.95. The number of nitrogen functional groups attached to an aromatic ring is 1. The number of benzene rings is 1. The van der Waals surface area contributed by atoms with Crippen molar-refractivity contribution in [2.75, 3.05) is 46.1 Å². The van der Waals surface area contributed by atoms with Gasteiger partial charge in [0.15, 0.2) is 0 Å². The van der Waals surface area contributed by atoms with Crippen LogP contribution in [0, 0.1) is 0 Å². The largest absolute Gasteiger partial charge is 0.399 e. The van der Waals surface area contributed by atoms with Crippen LogP contribution in [-0.4, -0.2) is 45.3 Å². The van der Waals surface area contributed by atoms with E-state index in [1.165, 1.54) is 5.56 Å². The fourth-order valence-corrected chi connectivity index (χ4v) is 2.50. The predicted molar refractivity (Wildman–Crippen MR) is 69.9 cm³/mol. The molecule has 17 heavy (non-hydrogen) atoms. The van der Waals surface area contributed by atoms with Crippen LogP contribution in [0.4, 0.5) is 5.69 Å². The lowest BCUT2D eigenvalue weighted by atomic mass is 9.88. The molecule has 0 aromatic heterocycles. The van der Waals surface area contributed by atoms with Gasteiger partial charge < -0.3 is 20.7 Å². The van der Waals surface area contributed by atoms with E-state index in [4.69, 9.17) is 10.5 Å². The second-order valence-corrected chi connectivity index (χ2v) is 4.80. The summed E-state index contributed by atoms with van der Waals surface area (Å²) >= 11 is 0. The molecule has 1 aliphatic heterocycles. The van der Waals surface area contributed by atoms with Crippen LogP contribution < -0.4 is 11.1 Å². The molecule has 0 aliphatic carbocycles. The van der Waals surface area contributed by atoms with E-state index in [1.54, 1.807) is 7.11 Å². The molecule has 4 nitrogen and oxygen atoms in total. The lowest BCUT2D eigenvalue weighted by Gasteiger charge is -2.42. The van der Waals surface area contributed by atoms with Crippen LogP contribution in [0.2, 0.25) is 0 Å². The smallest absolute Gasteiger partial charge is 0.0800 e. The van der Waals surface area contributed by atoms with E-state index in [1.807, 2.05) is 12.1 Å². The van der Waals surface area contributed by atoms with Crippen molar-refractivity contribution in [3.63, 3.8) is 0 Å². The molecular weight excluding hydrogens is 214 g/mol. The summed E-state index contributed by atoms with van der Waals surface area (Å²) < 4.78 is 5.40. The van der Waals surface area contributed by atoms with Crippen molar-refractivity contribution in [2.24, 2.45) is 0 Å². The Hall–Kier alpha value is -1.10. The third kappa shape index (κ3) is 2.60. The Bertz CT molecular complexity index is 361. The van der Waals surface area contributed by atoms with E-state index in [9.17, 15) is 0 Å². The van der Waals surface area contributed by atoms with Gasteiger partial charge in [-0.25, -0.2) is 0 Å². The third-order valence-corrected chi connectivity index (χ3v) is 3.35. The number of nitrogens with zero attached hydrogens (tertiary/aromatic N) is 1. The van der Waals surface area contributed by atoms with E-state index in [0.29, 0.717) is 6.61 Å². The zero-order valence-electron chi connectivity index (χ0n) is 10.6. The molecule has 0 amide bonds. The van der Waals surface area contributed by atoms with Crippen LogP contribution in [0.5, 0.6) is 0 Å². The van der Waals surface area contributed by atoms with Gasteiger partial charge in [0.2, 0.25) is 0 Å². The van der Waals surface area contributed by atoms with Crippen LogP contribution in [0.3, 0.4) is 0 Å². The summed E-state index contributed by atoms with van der Waals surface area (Å²) in [5.74, 6) is 0. The standard InChI is InChI=1S/C13H21N3O/c1-16-8-7-15-13(9-16,10-17-2)11-3-5-12(14)6-4-11/h3-6,15H,7-10,14H2,1-2H3. The Labute approximate surface area is 103 Å². The molecule has 1 aromatic carbocycles. The Balaban J connectivity index is 2.29. The average molecular weight is 235 g/mol. The molecule has 1 fully saturated rings. The molecule has 1 heterocycles. The first-order chi connectivity index (χ1) is 8.16. The predicted octanol–water partition coefficient (Wildman–Crippen LogP) is 0.645. The van der Waals surface area contributed by atoms with Gasteiger partial charge in [-0.2, -0.15) is 0 Å². The lowest BCUT2D eigenvalue weighted by Crippen LogP contribution is -2.59. The zero-order chi connectivity index (χ0) is 12.3. The van der Waals surface area contributed by atoms with Gasteiger partial charge in [-0.3, -0.25) is 0 Å². The van der Waals surface area contributed by atoms with Crippen molar-refractivity contribution in [2.45, 2.75) is 5.54 Å². The fraction of sp³-hybridized carbons (Fsp3) is 0.538. The monoisotopic (exact) mass is 235 g/mol. The molecule has 1 saturated heterocycles. The first-order valence-corrected chi connectivity index (χ1v) is 5.95. The highest BCUT2D eigenvalue weighted by Gasteiger charge is 2.35. The molecule has 94 valence electrons. The van der Waals surface area contributed by atoms with E-state index < -0.39 is 0 Å². The van der Waals surface area contributed by atoms with Crippen molar-refractivity contribution in [3.8, 4) is 0 Å². The van der Waals surface area contributed by atoms with Crippen molar-refractivity contribution in [1.82, 2.24) is 10.2 Å². The van der Waals surface area contributed by atoms with Crippen molar-refractivity contribution < 1.29 is 4.74 Å². The van der Waals surface area contributed by atoms with Crippen LogP contribution in [0.15, 0.2) is 24.3 Å². The number of ether oxygens (including phenoxy) is 1. The molecule has 2 rings (SSSR count).